The normalized spacial score (nSPS) is 10.6. The highest BCUT2D eigenvalue weighted by molar-refractivity contribution is 7.14. The molecule has 0 aliphatic rings. The minimum absolute atomic E-state index is 0.232. The van der Waals surface area contributed by atoms with E-state index in [1.165, 1.54) is 11.3 Å². The molecule has 3 rings (SSSR count). The van der Waals surface area contributed by atoms with Crippen LogP contribution in [0, 0.1) is 6.92 Å². The molecule has 21 heavy (non-hydrogen) atoms. The van der Waals surface area contributed by atoms with Gasteiger partial charge in [0.15, 0.2) is 10.8 Å². The van der Waals surface area contributed by atoms with Crippen molar-refractivity contribution in [2.75, 3.05) is 5.32 Å². The van der Waals surface area contributed by atoms with Crippen LogP contribution in [0.3, 0.4) is 0 Å². The topological polar surface area (TPSA) is 68.0 Å². The monoisotopic (exact) mass is 319 g/mol. The summed E-state index contributed by atoms with van der Waals surface area (Å²) >= 11 is 7.20. The Bertz CT molecular complexity index is 780. The van der Waals surface area contributed by atoms with Crippen LogP contribution in [0.25, 0.3) is 11.3 Å². The molecule has 1 N–H and O–H groups in total. The largest absolute Gasteiger partial charge is 0.361 e. The quantitative estimate of drug-likeness (QED) is 0.792. The summed E-state index contributed by atoms with van der Waals surface area (Å²) in [5.74, 6) is 0.241. The summed E-state index contributed by atoms with van der Waals surface area (Å²) in [6, 6.07) is 8.93. The Labute approximate surface area is 129 Å². The Morgan fingerprint density at radius 2 is 2.10 bits per heavy atom. The van der Waals surface area contributed by atoms with Crippen molar-refractivity contribution in [3.8, 4) is 11.3 Å². The van der Waals surface area contributed by atoms with Gasteiger partial charge in [0.05, 0.1) is 5.69 Å². The average molecular weight is 320 g/mol. The number of carbonyl (C=O) groups excluding carboxylic acids is 1. The zero-order valence-corrected chi connectivity index (χ0v) is 12.5. The lowest BCUT2D eigenvalue weighted by Crippen LogP contribution is -2.11. The fourth-order valence-corrected chi connectivity index (χ4v) is 2.56. The molecule has 1 aromatic carbocycles. The molecule has 5 nitrogen and oxygen atoms in total. The Morgan fingerprint density at radius 3 is 2.76 bits per heavy atom. The number of benzene rings is 1. The lowest BCUT2D eigenvalue weighted by Gasteiger charge is -1.98. The molecule has 0 atom stereocenters. The van der Waals surface area contributed by atoms with Crippen molar-refractivity contribution in [1.29, 1.82) is 0 Å². The predicted octanol–water partition coefficient (Wildman–Crippen LogP) is 4.01. The van der Waals surface area contributed by atoms with Crippen LogP contribution in [0.4, 0.5) is 5.13 Å². The van der Waals surface area contributed by atoms with Gasteiger partial charge in [-0.15, -0.1) is 11.3 Å². The van der Waals surface area contributed by atoms with Crippen molar-refractivity contribution in [1.82, 2.24) is 10.1 Å². The van der Waals surface area contributed by atoms with Crippen LogP contribution in [0.2, 0.25) is 5.02 Å². The molecule has 0 radical (unpaired) electrons. The number of amides is 1. The zero-order chi connectivity index (χ0) is 14.8. The molecule has 1 amide bonds. The zero-order valence-electron chi connectivity index (χ0n) is 11.0. The van der Waals surface area contributed by atoms with E-state index in [0.29, 0.717) is 15.9 Å². The van der Waals surface area contributed by atoms with Gasteiger partial charge in [-0.2, -0.15) is 0 Å². The van der Waals surface area contributed by atoms with Crippen LogP contribution in [0.5, 0.6) is 0 Å². The fourth-order valence-electron chi connectivity index (χ4n) is 1.72. The van der Waals surface area contributed by atoms with E-state index in [4.69, 9.17) is 16.1 Å². The molecule has 0 fully saturated rings. The van der Waals surface area contributed by atoms with Gasteiger partial charge in [-0.25, -0.2) is 4.98 Å². The minimum Gasteiger partial charge on any atom is -0.361 e. The lowest BCUT2D eigenvalue weighted by atomic mass is 10.2. The van der Waals surface area contributed by atoms with E-state index in [1.54, 1.807) is 25.1 Å². The van der Waals surface area contributed by atoms with Crippen LogP contribution in [-0.4, -0.2) is 16.0 Å². The summed E-state index contributed by atoms with van der Waals surface area (Å²) in [5, 5.41) is 9.40. The predicted molar refractivity (Wildman–Crippen MR) is 81.8 cm³/mol. The first-order valence-electron chi connectivity index (χ1n) is 6.08. The molecule has 0 aliphatic heterocycles. The molecular formula is C14H10ClN3O2S. The summed E-state index contributed by atoms with van der Waals surface area (Å²) in [6.07, 6.45) is 0. The first kappa shape index (κ1) is 13.8. The van der Waals surface area contributed by atoms with Gasteiger partial charge in [-0.3, -0.25) is 10.1 Å². The highest BCUT2D eigenvalue weighted by Gasteiger charge is 2.13. The summed E-state index contributed by atoms with van der Waals surface area (Å²) in [4.78, 5) is 16.3. The van der Waals surface area contributed by atoms with E-state index in [1.807, 2.05) is 17.5 Å². The molecule has 0 aliphatic carbocycles. The third-order valence-corrected chi connectivity index (χ3v) is 3.73. The van der Waals surface area contributed by atoms with E-state index in [0.717, 1.165) is 11.3 Å². The molecule has 3 aromatic rings. The first-order valence-corrected chi connectivity index (χ1v) is 7.34. The van der Waals surface area contributed by atoms with Crippen LogP contribution in [0.15, 0.2) is 40.2 Å². The number of aromatic nitrogens is 2. The number of halogens is 1. The van der Waals surface area contributed by atoms with Gasteiger partial charge < -0.3 is 4.52 Å². The highest BCUT2D eigenvalue weighted by Crippen LogP contribution is 2.26. The second kappa shape index (κ2) is 5.67. The third-order valence-electron chi connectivity index (χ3n) is 2.73. The molecule has 0 spiro atoms. The highest BCUT2D eigenvalue weighted by atomic mass is 35.5. The Balaban J connectivity index is 1.76. The summed E-state index contributed by atoms with van der Waals surface area (Å²) < 4.78 is 4.87. The van der Waals surface area contributed by atoms with Gasteiger partial charge in [0.2, 0.25) is 0 Å². The molecule has 2 aromatic heterocycles. The Kier molecular flexibility index (Phi) is 3.72. The van der Waals surface area contributed by atoms with Crippen molar-refractivity contribution in [2.45, 2.75) is 6.92 Å². The average Bonchev–Trinajstić information content (AvgIpc) is 3.09. The number of carbonyl (C=O) groups is 1. The number of rotatable bonds is 3. The van der Waals surface area contributed by atoms with E-state index in [-0.39, 0.29) is 11.6 Å². The van der Waals surface area contributed by atoms with Crippen molar-refractivity contribution in [3.05, 3.63) is 52.2 Å². The van der Waals surface area contributed by atoms with Gasteiger partial charge in [0.25, 0.3) is 5.91 Å². The summed E-state index contributed by atoms with van der Waals surface area (Å²) in [5.41, 5.74) is 1.95. The maximum Gasteiger partial charge on any atom is 0.279 e. The maximum atomic E-state index is 11.9. The van der Waals surface area contributed by atoms with Crippen molar-refractivity contribution < 1.29 is 9.32 Å². The van der Waals surface area contributed by atoms with Gasteiger partial charge in [0.1, 0.15) is 5.76 Å². The van der Waals surface area contributed by atoms with E-state index < -0.39 is 0 Å². The molecule has 0 saturated heterocycles. The molecule has 106 valence electrons. The molecule has 2 heterocycles. The van der Waals surface area contributed by atoms with Crippen molar-refractivity contribution in [2.24, 2.45) is 0 Å². The second-order valence-electron chi connectivity index (χ2n) is 4.32. The van der Waals surface area contributed by atoms with Crippen molar-refractivity contribution >= 4 is 34.0 Å². The number of nitrogens with one attached hydrogen (secondary N) is 1. The van der Waals surface area contributed by atoms with Crippen molar-refractivity contribution in [3.63, 3.8) is 0 Å². The van der Waals surface area contributed by atoms with E-state index in [2.05, 4.69) is 15.5 Å². The van der Waals surface area contributed by atoms with E-state index >= 15 is 0 Å². The van der Waals surface area contributed by atoms with Gasteiger partial charge in [-0.1, -0.05) is 28.9 Å². The summed E-state index contributed by atoms with van der Waals surface area (Å²) in [6.45, 7) is 1.73. The second-order valence-corrected chi connectivity index (χ2v) is 5.62. The van der Waals surface area contributed by atoms with Crippen LogP contribution < -0.4 is 5.32 Å². The molecule has 0 unspecified atom stereocenters. The third kappa shape index (κ3) is 3.12. The Hall–Kier alpha value is -2.18. The van der Waals surface area contributed by atoms with Crippen LogP contribution >= 0.6 is 22.9 Å². The first-order chi connectivity index (χ1) is 10.1. The number of nitrogens with zero attached hydrogens (tertiary/aromatic N) is 2. The van der Waals surface area contributed by atoms with Gasteiger partial charge >= 0.3 is 0 Å². The lowest BCUT2D eigenvalue weighted by molar-refractivity contribution is 0.101. The standard InChI is InChI=1S/C14H10ClN3O2S/c1-8-6-11(18-20-8)13(19)17-14-16-12(7-21-14)9-2-4-10(15)5-3-9/h2-7H,1H3,(H,16,17,19). The molecule has 7 heteroatoms. The number of hydrogen-bond acceptors (Lipinski definition) is 5. The minimum atomic E-state index is -0.344. The number of thiazole rings is 1. The van der Waals surface area contributed by atoms with Crippen LogP contribution in [0.1, 0.15) is 16.2 Å². The molecular weight excluding hydrogens is 310 g/mol. The molecule has 0 bridgehead atoms. The van der Waals surface area contributed by atoms with Gasteiger partial charge in [0, 0.05) is 22.0 Å². The van der Waals surface area contributed by atoms with Gasteiger partial charge in [-0.05, 0) is 19.1 Å². The van der Waals surface area contributed by atoms with E-state index in [9.17, 15) is 4.79 Å². The number of anilines is 1. The number of aryl methyl sites for hydroxylation is 1. The number of hydrogen-bond donors (Lipinski definition) is 1. The SMILES string of the molecule is Cc1cc(C(=O)Nc2nc(-c3ccc(Cl)cc3)cs2)no1. The molecule has 0 saturated carbocycles. The smallest absolute Gasteiger partial charge is 0.279 e. The maximum absolute atomic E-state index is 11.9. The summed E-state index contributed by atoms with van der Waals surface area (Å²) in [7, 11) is 0. The Morgan fingerprint density at radius 1 is 1.33 bits per heavy atom. The fraction of sp³-hybridized carbons (Fsp3) is 0.0714. The van der Waals surface area contributed by atoms with Crippen LogP contribution in [-0.2, 0) is 0 Å².